The number of halogens is 1. The number of rotatable bonds is 6. The van der Waals surface area contributed by atoms with Gasteiger partial charge >= 0.3 is 0 Å². The van der Waals surface area contributed by atoms with E-state index in [-0.39, 0.29) is 17.3 Å². The summed E-state index contributed by atoms with van der Waals surface area (Å²) in [6.45, 7) is 7.35. The summed E-state index contributed by atoms with van der Waals surface area (Å²) >= 11 is 0. The molecule has 2 N–H and O–H groups in total. The Balaban J connectivity index is 1.49. The zero-order valence-electron chi connectivity index (χ0n) is 20.0. The molecule has 0 amide bonds. The minimum absolute atomic E-state index is 0.0211. The Kier molecular flexibility index (Phi) is 6.32. The number of hydrogen-bond acceptors (Lipinski definition) is 6. The van der Waals surface area contributed by atoms with Gasteiger partial charge in [-0.3, -0.25) is 0 Å². The predicted octanol–water partition coefficient (Wildman–Crippen LogP) is 5.92. The minimum Gasteiger partial charge on any atom is -0.348 e. The van der Waals surface area contributed by atoms with Crippen LogP contribution in [0.2, 0.25) is 0 Å². The first-order valence-corrected chi connectivity index (χ1v) is 11.6. The van der Waals surface area contributed by atoms with E-state index < -0.39 is 6.29 Å². The molecule has 0 saturated carbocycles. The van der Waals surface area contributed by atoms with E-state index in [0.717, 1.165) is 11.1 Å². The standard InChI is InChI=1S/C27H28FN5O2/c1-17(18-7-5-4-6-8-18)30-26-29-14-13-21(31-26)23-22(19-9-11-20(28)12-10-19)32-24(33-23)25-34-15-27(2,3)16-35-25/h4-14,17,25H,15-16H2,1-3H3,(H,32,33)(H,29,30,31)/t17-/m0/s1. The number of H-pyrrole nitrogens is 1. The van der Waals surface area contributed by atoms with Crippen molar-refractivity contribution < 1.29 is 13.9 Å². The number of nitrogens with one attached hydrogen (secondary N) is 2. The predicted molar refractivity (Wildman–Crippen MR) is 132 cm³/mol. The topological polar surface area (TPSA) is 85.0 Å². The molecule has 2 aromatic heterocycles. The number of anilines is 1. The lowest BCUT2D eigenvalue weighted by molar-refractivity contribution is -0.229. The van der Waals surface area contributed by atoms with E-state index in [1.54, 1.807) is 18.3 Å². The number of imidazole rings is 1. The van der Waals surface area contributed by atoms with Gasteiger partial charge in [-0.1, -0.05) is 44.2 Å². The van der Waals surface area contributed by atoms with Crippen LogP contribution in [-0.4, -0.2) is 33.1 Å². The van der Waals surface area contributed by atoms with E-state index in [0.29, 0.717) is 42.1 Å². The van der Waals surface area contributed by atoms with Gasteiger partial charge in [0.2, 0.25) is 12.2 Å². The molecule has 1 fully saturated rings. The molecule has 0 aliphatic carbocycles. The average molecular weight is 474 g/mol. The third-order valence-corrected chi connectivity index (χ3v) is 5.87. The number of benzene rings is 2. The fourth-order valence-electron chi connectivity index (χ4n) is 3.94. The summed E-state index contributed by atoms with van der Waals surface area (Å²) in [6.07, 6.45) is 1.08. The van der Waals surface area contributed by atoms with Crippen LogP contribution in [0.15, 0.2) is 66.9 Å². The molecule has 1 atom stereocenters. The van der Waals surface area contributed by atoms with Crippen molar-refractivity contribution in [3.8, 4) is 22.6 Å². The summed E-state index contributed by atoms with van der Waals surface area (Å²) < 4.78 is 25.5. The number of hydrogen-bond donors (Lipinski definition) is 2. The average Bonchev–Trinajstić information content (AvgIpc) is 3.31. The van der Waals surface area contributed by atoms with Gasteiger partial charge in [-0.25, -0.2) is 19.3 Å². The van der Waals surface area contributed by atoms with E-state index in [1.807, 2.05) is 24.3 Å². The zero-order valence-corrected chi connectivity index (χ0v) is 20.0. The zero-order chi connectivity index (χ0) is 24.4. The quantitative estimate of drug-likeness (QED) is 0.362. The van der Waals surface area contributed by atoms with Crippen molar-refractivity contribution in [1.29, 1.82) is 0 Å². The van der Waals surface area contributed by atoms with Crippen molar-refractivity contribution in [1.82, 2.24) is 19.9 Å². The number of nitrogens with zero attached hydrogens (tertiary/aromatic N) is 3. The molecule has 7 nitrogen and oxygen atoms in total. The smallest absolute Gasteiger partial charge is 0.223 e. The number of aromatic amines is 1. The van der Waals surface area contributed by atoms with Gasteiger partial charge in [-0.2, -0.15) is 0 Å². The first-order chi connectivity index (χ1) is 16.9. The highest BCUT2D eigenvalue weighted by molar-refractivity contribution is 5.77. The van der Waals surface area contributed by atoms with Gasteiger partial charge in [0.05, 0.1) is 36.3 Å². The van der Waals surface area contributed by atoms with E-state index in [9.17, 15) is 4.39 Å². The van der Waals surface area contributed by atoms with Crippen molar-refractivity contribution in [3.05, 3.63) is 84.1 Å². The Morgan fingerprint density at radius 1 is 1.00 bits per heavy atom. The van der Waals surface area contributed by atoms with Crippen molar-refractivity contribution in [2.24, 2.45) is 5.41 Å². The SMILES string of the molecule is C[C@H](Nc1nccc(-c2[nH]c(C3OCC(C)(C)CO3)nc2-c2ccc(F)cc2)n1)c1ccccc1. The lowest BCUT2D eigenvalue weighted by Crippen LogP contribution is -2.34. The second kappa shape index (κ2) is 9.56. The molecule has 3 heterocycles. The molecule has 0 unspecified atom stereocenters. The van der Waals surface area contributed by atoms with Crippen LogP contribution in [0.1, 0.15) is 44.5 Å². The molecule has 0 bridgehead atoms. The monoisotopic (exact) mass is 473 g/mol. The molecule has 1 saturated heterocycles. The third kappa shape index (κ3) is 5.23. The van der Waals surface area contributed by atoms with Crippen LogP contribution in [0.5, 0.6) is 0 Å². The fourth-order valence-corrected chi connectivity index (χ4v) is 3.94. The minimum atomic E-state index is -0.617. The van der Waals surface area contributed by atoms with Gasteiger partial charge in [-0.15, -0.1) is 0 Å². The Morgan fingerprint density at radius 2 is 1.71 bits per heavy atom. The maximum Gasteiger partial charge on any atom is 0.223 e. The summed E-state index contributed by atoms with van der Waals surface area (Å²) in [7, 11) is 0. The van der Waals surface area contributed by atoms with Crippen LogP contribution in [0, 0.1) is 11.2 Å². The molecule has 5 rings (SSSR count). The second-order valence-corrected chi connectivity index (χ2v) is 9.51. The Morgan fingerprint density at radius 3 is 2.43 bits per heavy atom. The van der Waals surface area contributed by atoms with Gasteiger partial charge in [0.15, 0.2) is 5.82 Å². The first-order valence-electron chi connectivity index (χ1n) is 11.6. The van der Waals surface area contributed by atoms with Crippen molar-refractivity contribution in [3.63, 3.8) is 0 Å². The second-order valence-electron chi connectivity index (χ2n) is 9.51. The Labute approximate surface area is 203 Å². The highest BCUT2D eigenvalue weighted by atomic mass is 19.1. The van der Waals surface area contributed by atoms with E-state index >= 15 is 0 Å². The van der Waals surface area contributed by atoms with E-state index in [4.69, 9.17) is 19.4 Å². The summed E-state index contributed by atoms with van der Waals surface area (Å²) in [5.41, 5.74) is 3.79. The molecule has 8 heteroatoms. The summed E-state index contributed by atoms with van der Waals surface area (Å²) in [5.74, 6) is 0.725. The molecular formula is C27H28FN5O2. The van der Waals surface area contributed by atoms with Gasteiger partial charge in [0, 0.05) is 17.2 Å². The van der Waals surface area contributed by atoms with Crippen LogP contribution in [-0.2, 0) is 9.47 Å². The molecule has 0 radical (unpaired) electrons. The maximum absolute atomic E-state index is 13.6. The van der Waals surface area contributed by atoms with Crippen LogP contribution in [0.25, 0.3) is 22.6 Å². The highest BCUT2D eigenvalue weighted by Crippen LogP contribution is 2.35. The highest BCUT2D eigenvalue weighted by Gasteiger charge is 2.32. The van der Waals surface area contributed by atoms with Crippen molar-refractivity contribution in [2.75, 3.05) is 18.5 Å². The lowest BCUT2D eigenvalue weighted by Gasteiger charge is -2.33. The van der Waals surface area contributed by atoms with Crippen LogP contribution in [0.4, 0.5) is 10.3 Å². The van der Waals surface area contributed by atoms with Crippen molar-refractivity contribution >= 4 is 5.95 Å². The molecule has 35 heavy (non-hydrogen) atoms. The molecule has 180 valence electrons. The van der Waals surface area contributed by atoms with Crippen LogP contribution < -0.4 is 5.32 Å². The van der Waals surface area contributed by atoms with Crippen LogP contribution in [0.3, 0.4) is 0 Å². The molecular weight excluding hydrogens is 445 g/mol. The number of aromatic nitrogens is 4. The largest absolute Gasteiger partial charge is 0.348 e. The molecule has 1 aliphatic heterocycles. The normalized spacial score (nSPS) is 16.7. The summed E-state index contributed by atoms with van der Waals surface area (Å²) in [6, 6.07) is 18.2. The fraction of sp³-hybridized carbons (Fsp3) is 0.296. The molecule has 0 spiro atoms. The van der Waals surface area contributed by atoms with Gasteiger partial charge < -0.3 is 19.8 Å². The molecule has 2 aromatic carbocycles. The maximum atomic E-state index is 13.6. The molecule has 4 aromatic rings. The third-order valence-electron chi connectivity index (χ3n) is 5.87. The molecule has 1 aliphatic rings. The Hall–Kier alpha value is -3.62. The first kappa shape index (κ1) is 23.1. The van der Waals surface area contributed by atoms with Crippen LogP contribution >= 0.6 is 0 Å². The van der Waals surface area contributed by atoms with E-state index in [2.05, 4.69) is 48.2 Å². The number of ether oxygens (including phenoxy) is 2. The van der Waals surface area contributed by atoms with Gasteiger partial charge in [0.1, 0.15) is 5.82 Å². The summed E-state index contributed by atoms with van der Waals surface area (Å²) in [4.78, 5) is 17.3. The summed E-state index contributed by atoms with van der Waals surface area (Å²) in [5, 5.41) is 3.36. The lowest BCUT2D eigenvalue weighted by atomic mass is 9.96. The Bertz CT molecular complexity index is 1280. The van der Waals surface area contributed by atoms with Gasteiger partial charge in [-0.05, 0) is 42.8 Å². The van der Waals surface area contributed by atoms with E-state index in [1.165, 1.54) is 12.1 Å². The van der Waals surface area contributed by atoms with Crippen molar-refractivity contribution in [2.45, 2.75) is 33.1 Å². The van der Waals surface area contributed by atoms with Gasteiger partial charge in [0.25, 0.3) is 0 Å².